The maximum Gasteiger partial charge on any atom is 0.163 e. The molecule has 0 radical (unpaired) electrons. The summed E-state index contributed by atoms with van der Waals surface area (Å²) in [5.41, 5.74) is 2.97. The predicted molar refractivity (Wildman–Crippen MR) is 85.9 cm³/mol. The lowest BCUT2D eigenvalue weighted by Gasteiger charge is -2.08. The molecule has 1 aromatic heterocycles. The van der Waals surface area contributed by atoms with E-state index in [0.29, 0.717) is 16.6 Å². The van der Waals surface area contributed by atoms with Crippen LogP contribution in [0.5, 0.6) is 0 Å². The first-order valence-electron chi connectivity index (χ1n) is 7.30. The van der Waals surface area contributed by atoms with Crippen LogP contribution in [0.15, 0.2) is 18.2 Å². The molecule has 0 aliphatic rings. The quantitative estimate of drug-likeness (QED) is 0.674. The van der Waals surface area contributed by atoms with E-state index in [9.17, 15) is 4.79 Å². The minimum atomic E-state index is 0.0381. The zero-order valence-electron chi connectivity index (χ0n) is 12.7. The number of hydrogen-bond acceptors (Lipinski definition) is 1. The molecule has 0 saturated carbocycles. The Morgan fingerprint density at radius 2 is 2.05 bits per heavy atom. The topological polar surface area (TPSA) is 22.0 Å². The average Bonchev–Trinajstić information content (AvgIpc) is 2.67. The largest absolute Gasteiger partial charge is 0.331 e. The van der Waals surface area contributed by atoms with Gasteiger partial charge in [0.1, 0.15) is 5.15 Å². The molecule has 0 saturated heterocycles. The van der Waals surface area contributed by atoms with Crippen molar-refractivity contribution in [3.8, 4) is 0 Å². The molecule has 0 amide bonds. The highest BCUT2D eigenvalue weighted by Gasteiger charge is 2.19. The van der Waals surface area contributed by atoms with Crippen molar-refractivity contribution in [2.45, 2.75) is 53.0 Å². The van der Waals surface area contributed by atoms with Crippen LogP contribution in [0.2, 0.25) is 5.15 Å². The summed E-state index contributed by atoms with van der Waals surface area (Å²) in [4.78, 5) is 12.0. The Morgan fingerprint density at radius 1 is 1.35 bits per heavy atom. The molecule has 0 spiro atoms. The van der Waals surface area contributed by atoms with E-state index < -0.39 is 0 Å². The minimum Gasteiger partial charge on any atom is -0.331 e. The molecule has 0 aliphatic heterocycles. The second-order valence-corrected chi connectivity index (χ2v) is 6.02. The third kappa shape index (κ3) is 2.62. The summed E-state index contributed by atoms with van der Waals surface area (Å²) < 4.78 is 2.07. The van der Waals surface area contributed by atoms with Crippen LogP contribution in [-0.2, 0) is 6.54 Å². The van der Waals surface area contributed by atoms with Gasteiger partial charge in [-0.25, -0.2) is 0 Å². The highest BCUT2D eigenvalue weighted by atomic mass is 35.5. The van der Waals surface area contributed by atoms with Crippen LogP contribution in [0.1, 0.15) is 62.4 Å². The smallest absolute Gasteiger partial charge is 0.163 e. The normalized spacial score (nSPS) is 11.5. The van der Waals surface area contributed by atoms with Gasteiger partial charge in [0.05, 0.1) is 5.56 Å². The van der Waals surface area contributed by atoms with Crippen LogP contribution < -0.4 is 0 Å². The van der Waals surface area contributed by atoms with E-state index in [-0.39, 0.29) is 5.78 Å². The summed E-state index contributed by atoms with van der Waals surface area (Å²) in [6, 6.07) is 6.35. The van der Waals surface area contributed by atoms with Crippen molar-refractivity contribution < 1.29 is 4.79 Å². The minimum absolute atomic E-state index is 0.0381. The summed E-state index contributed by atoms with van der Waals surface area (Å²) in [5, 5.41) is 1.58. The zero-order valence-corrected chi connectivity index (χ0v) is 13.4. The number of carbonyl (C=O) groups excluding carboxylic acids is 1. The fourth-order valence-electron chi connectivity index (χ4n) is 2.57. The molecule has 1 heterocycles. The molecular formula is C17H22ClNO. The van der Waals surface area contributed by atoms with E-state index >= 15 is 0 Å². The van der Waals surface area contributed by atoms with Gasteiger partial charge in [-0.05, 0) is 37.0 Å². The molecule has 2 nitrogen and oxygen atoms in total. The van der Waals surface area contributed by atoms with Gasteiger partial charge in [0.15, 0.2) is 5.78 Å². The average molecular weight is 292 g/mol. The molecule has 3 heteroatoms. The van der Waals surface area contributed by atoms with Crippen molar-refractivity contribution in [3.05, 3.63) is 34.5 Å². The Kier molecular flexibility index (Phi) is 4.54. The number of ketones is 1. The Balaban J connectivity index is 2.69. The molecule has 2 aromatic rings. The van der Waals surface area contributed by atoms with Gasteiger partial charge in [0.2, 0.25) is 0 Å². The highest BCUT2D eigenvalue weighted by Crippen LogP contribution is 2.33. The van der Waals surface area contributed by atoms with Crippen molar-refractivity contribution in [2.75, 3.05) is 0 Å². The van der Waals surface area contributed by atoms with Crippen molar-refractivity contribution in [1.82, 2.24) is 4.57 Å². The molecule has 0 bridgehead atoms. The third-order valence-corrected chi connectivity index (χ3v) is 4.17. The molecule has 20 heavy (non-hydrogen) atoms. The summed E-state index contributed by atoms with van der Waals surface area (Å²) >= 11 is 6.46. The molecule has 2 rings (SSSR count). The van der Waals surface area contributed by atoms with Gasteiger partial charge >= 0.3 is 0 Å². The standard InChI is InChI=1S/C17H22ClNO/c1-5-6-9-19-15-8-7-13(11(2)3)10-14(15)16(12(4)20)17(19)18/h7-8,10-11H,5-6,9H2,1-4H3. The monoisotopic (exact) mass is 291 g/mol. The second-order valence-electron chi connectivity index (χ2n) is 5.66. The first kappa shape index (κ1) is 15.1. The molecule has 1 aromatic carbocycles. The van der Waals surface area contributed by atoms with Gasteiger partial charge in [0.25, 0.3) is 0 Å². The van der Waals surface area contributed by atoms with Gasteiger partial charge < -0.3 is 4.57 Å². The van der Waals surface area contributed by atoms with E-state index in [1.807, 2.05) is 0 Å². The van der Waals surface area contributed by atoms with Crippen LogP contribution in [0.3, 0.4) is 0 Å². The summed E-state index contributed by atoms with van der Waals surface area (Å²) in [7, 11) is 0. The molecule has 0 aliphatic carbocycles. The Hall–Kier alpha value is -1.28. The zero-order chi connectivity index (χ0) is 14.9. The molecule has 0 unspecified atom stereocenters. The van der Waals surface area contributed by atoms with E-state index in [2.05, 4.69) is 43.5 Å². The summed E-state index contributed by atoms with van der Waals surface area (Å²) in [5.74, 6) is 0.480. The van der Waals surface area contributed by atoms with E-state index in [1.165, 1.54) is 5.56 Å². The van der Waals surface area contributed by atoms with Crippen LogP contribution in [0, 0.1) is 0 Å². The number of aryl methyl sites for hydroxylation is 1. The number of nitrogens with zero attached hydrogens (tertiary/aromatic N) is 1. The fourth-order valence-corrected chi connectivity index (χ4v) is 2.98. The number of fused-ring (bicyclic) bond motifs is 1. The number of Topliss-reactive ketones (excluding diaryl/α,β-unsaturated/α-hetero) is 1. The lowest BCUT2D eigenvalue weighted by atomic mass is 10.00. The first-order valence-corrected chi connectivity index (χ1v) is 7.67. The Bertz CT molecular complexity index is 640. The number of halogens is 1. The lowest BCUT2D eigenvalue weighted by molar-refractivity contribution is 0.101. The second kappa shape index (κ2) is 6.01. The molecular weight excluding hydrogens is 270 g/mol. The van der Waals surface area contributed by atoms with Gasteiger partial charge in [-0.1, -0.05) is 44.9 Å². The van der Waals surface area contributed by atoms with Gasteiger partial charge in [-0.2, -0.15) is 0 Å². The molecule has 108 valence electrons. The van der Waals surface area contributed by atoms with Gasteiger partial charge in [-0.3, -0.25) is 4.79 Å². The van der Waals surface area contributed by atoms with Crippen LogP contribution in [-0.4, -0.2) is 10.4 Å². The number of rotatable bonds is 5. The summed E-state index contributed by atoms with van der Waals surface area (Å²) in [6.45, 7) is 8.92. The van der Waals surface area contributed by atoms with Gasteiger partial charge in [-0.15, -0.1) is 0 Å². The van der Waals surface area contributed by atoms with E-state index in [4.69, 9.17) is 11.6 Å². The van der Waals surface area contributed by atoms with E-state index in [0.717, 1.165) is 30.3 Å². The lowest BCUT2D eigenvalue weighted by Crippen LogP contribution is -1.99. The molecule has 0 N–H and O–H groups in total. The SMILES string of the molecule is CCCCn1c(Cl)c(C(C)=O)c2cc(C(C)C)ccc21. The van der Waals surface area contributed by atoms with Gasteiger partial charge in [0, 0.05) is 17.4 Å². The highest BCUT2D eigenvalue weighted by molar-refractivity contribution is 6.35. The molecule has 0 atom stereocenters. The van der Waals surface area contributed by atoms with Crippen LogP contribution in [0.25, 0.3) is 10.9 Å². The number of carbonyl (C=O) groups is 1. The number of hydrogen-bond donors (Lipinski definition) is 0. The Morgan fingerprint density at radius 3 is 2.60 bits per heavy atom. The Labute approximate surface area is 125 Å². The number of unbranched alkanes of at least 4 members (excludes halogenated alkanes) is 1. The van der Waals surface area contributed by atoms with Crippen molar-refractivity contribution >= 4 is 28.3 Å². The van der Waals surface area contributed by atoms with Crippen molar-refractivity contribution in [2.24, 2.45) is 0 Å². The predicted octanol–water partition coefficient (Wildman–Crippen LogP) is 5.42. The van der Waals surface area contributed by atoms with Crippen molar-refractivity contribution in [3.63, 3.8) is 0 Å². The number of benzene rings is 1. The van der Waals surface area contributed by atoms with Crippen LogP contribution in [0.4, 0.5) is 0 Å². The van der Waals surface area contributed by atoms with E-state index in [1.54, 1.807) is 6.92 Å². The van der Waals surface area contributed by atoms with Crippen LogP contribution >= 0.6 is 11.6 Å². The summed E-state index contributed by atoms with van der Waals surface area (Å²) in [6.07, 6.45) is 2.17. The molecule has 0 fully saturated rings. The fraction of sp³-hybridized carbons (Fsp3) is 0.471. The maximum atomic E-state index is 12.0. The maximum absolute atomic E-state index is 12.0. The third-order valence-electron chi connectivity index (χ3n) is 3.78. The first-order chi connectivity index (χ1) is 9.47. The van der Waals surface area contributed by atoms with Crippen molar-refractivity contribution in [1.29, 1.82) is 0 Å². The number of aromatic nitrogens is 1.